The summed E-state index contributed by atoms with van der Waals surface area (Å²) in [6.07, 6.45) is 0. The molecule has 178 valence electrons. The van der Waals surface area contributed by atoms with Crippen LogP contribution in [0.1, 0.15) is 22.3 Å². The van der Waals surface area contributed by atoms with Crippen molar-refractivity contribution in [1.82, 2.24) is 0 Å². The topological polar surface area (TPSA) is 13.1 Å². The first-order valence-electron chi connectivity index (χ1n) is 13.1. The van der Waals surface area contributed by atoms with Crippen molar-refractivity contribution < 1.29 is 4.42 Å². The average Bonchev–Trinajstić information content (AvgIpc) is 3.52. The SMILES string of the molecule is c1ccc(C2(c3cccc(-c4cccc5c4oc4ccccc45)c3)c3ccccc3-c3ccccc32)cc1. The van der Waals surface area contributed by atoms with Gasteiger partial charge in [-0.05, 0) is 51.1 Å². The van der Waals surface area contributed by atoms with E-state index in [2.05, 4.69) is 133 Å². The van der Waals surface area contributed by atoms with E-state index < -0.39 is 5.41 Å². The van der Waals surface area contributed by atoms with Crippen LogP contribution >= 0.6 is 0 Å². The molecule has 0 bridgehead atoms. The molecule has 0 fully saturated rings. The van der Waals surface area contributed by atoms with Gasteiger partial charge in [-0.15, -0.1) is 0 Å². The number of furan rings is 1. The summed E-state index contributed by atoms with van der Waals surface area (Å²) in [6, 6.07) is 52.5. The molecule has 6 aromatic carbocycles. The summed E-state index contributed by atoms with van der Waals surface area (Å²) in [5.41, 5.74) is 11.5. The van der Waals surface area contributed by atoms with Crippen LogP contribution in [0.2, 0.25) is 0 Å². The highest BCUT2D eigenvalue weighted by molar-refractivity contribution is 6.09. The summed E-state index contributed by atoms with van der Waals surface area (Å²) >= 11 is 0. The third-order valence-electron chi connectivity index (χ3n) is 8.17. The molecule has 1 aliphatic carbocycles. The average molecular weight is 485 g/mol. The molecule has 38 heavy (non-hydrogen) atoms. The van der Waals surface area contributed by atoms with Crippen molar-refractivity contribution in [2.75, 3.05) is 0 Å². The summed E-state index contributed by atoms with van der Waals surface area (Å²) in [5.74, 6) is 0. The Labute approximate surface area is 221 Å². The van der Waals surface area contributed by atoms with E-state index in [0.29, 0.717) is 0 Å². The van der Waals surface area contributed by atoms with Crippen LogP contribution in [-0.2, 0) is 5.41 Å². The molecule has 0 spiro atoms. The molecule has 0 radical (unpaired) electrons. The third kappa shape index (κ3) is 2.82. The molecule has 0 atom stereocenters. The number of hydrogen-bond acceptors (Lipinski definition) is 1. The maximum absolute atomic E-state index is 6.43. The fourth-order valence-electron chi connectivity index (χ4n) is 6.61. The van der Waals surface area contributed by atoms with E-state index in [4.69, 9.17) is 4.42 Å². The highest BCUT2D eigenvalue weighted by Crippen LogP contribution is 2.56. The first-order chi connectivity index (χ1) is 18.9. The molecule has 1 aliphatic rings. The first kappa shape index (κ1) is 21.2. The Hall–Kier alpha value is -4.88. The fraction of sp³-hybridized carbons (Fsp3) is 0.0270. The standard InChI is InChI=1S/C37H24O/c1-2-13-26(14-3-1)37(33-21-7-4-16-29(33)30-17-5-8-22-34(30)37)27-15-10-12-25(24-27)28-19-11-20-32-31-18-6-9-23-35(31)38-36(28)32/h1-24H. The summed E-state index contributed by atoms with van der Waals surface area (Å²) in [5, 5.41) is 2.30. The van der Waals surface area contributed by atoms with Gasteiger partial charge in [-0.2, -0.15) is 0 Å². The van der Waals surface area contributed by atoms with E-state index in [9.17, 15) is 0 Å². The molecule has 1 nitrogen and oxygen atoms in total. The van der Waals surface area contributed by atoms with E-state index in [1.54, 1.807) is 0 Å². The molecular formula is C37H24O. The molecule has 0 unspecified atom stereocenters. The van der Waals surface area contributed by atoms with Crippen molar-refractivity contribution in [2.45, 2.75) is 5.41 Å². The zero-order valence-corrected chi connectivity index (χ0v) is 20.8. The highest BCUT2D eigenvalue weighted by Gasteiger charge is 2.45. The fourth-order valence-corrected chi connectivity index (χ4v) is 6.61. The molecular weight excluding hydrogens is 460 g/mol. The summed E-state index contributed by atoms with van der Waals surface area (Å²) in [7, 11) is 0. The van der Waals surface area contributed by atoms with Gasteiger partial charge in [-0.3, -0.25) is 0 Å². The van der Waals surface area contributed by atoms with E-state index >= 15 is 0 Å². The van der Waals surface area contributed by atoms with Gasteiger partial charge in [0, 0.05) is 16.3 Å². The minimum Gasteiger partial charge on any atom is -0.455 e. The van der Waals surface area contributed by atoms with Crippen LogP contribution in [0.3, 0.4) is 0 Å². The molecule has 0 aliphatic heterocycles. The second-order valence-corrected chi connectivity index (χ2v) is 10.1. The van der Waals surface area contributed by atoms with Crippen molar-refractivity contribution in [3.8, 4) is 22.3 Å². The van der Waals surface area contributed by atoms with E-state index in [1.807, 2.05) is 12.1 Å². The quantitative estimate of drug-likeness (QED) is 0.243. The Bertz CT molecular complexity index is 1930. The normalized spacial score (nSPS) is 13.5. The second-order valence-electron chi connectivity index (χ2n) is 10.1. The van der Waals surface area contributed by atoms with Gasteiger partial charge in [0.2, 0.25) is 0 Å². The summed E-state index contributed by atoms with van der Waals surface area (Å²) in [4.78, 5) is 0. The van der Waals surface area contributed by atoms with Gasteiger partial charge >= 0.3 is 0 Å². The largest absolute Gasteiger partial charge is 0.455 e. The number of fused-ring (bicyclic) bond motifs is 6. The lowest BCUT2D eigenvalue weighted by Crippen LogP contribution is -2.28. The maximum Gasteiger partial charge on any atom is 0.143 e. The lowest BCUT2D eigenvalue weighted by Gasteiger charge is -2.34. The molecule has 0 saturated carbocycles. The number of benzene rings is 6. The lowest BCUT2D eigenvalue weighted by molar-refractivity contribution is 0.670. The minimum absolute atomic E-state index is 0.410. The van der Waals surface area contributed by atoms with Crippen molar-refractivity contribution >= 4 is 21.9 Å². The zero-order valence-electron chi connectivity index (χ0n) is 20.8. The van der Waals surface area contributed by atoms with Gasteiger partial charge in [-0.1, -0.05) is 133 Å². The van der Waals surface area contributed by atoms with E-state index in [0.717, 1.165) is 33.1 Å². The van der Waals surface area contributed by atoms with Crippen LogP contribution in [0.4, 0.5) is 0 Å². The monoisotopic (exact) mass is 484 g/mol. The number of rotatable bonds is 3. The van der Waals surface area contributed by atoms with Gasteiger partial charge in [0.25, 0.3) is 0 Å². The van der Waals surface area contributed by atoms with Gasteiger partial charge in [0.05, 0.1) is 5.41 Å². The van der Waals surface area contributed by atoms with Gasteiger partial charge in [0.15, 0.2) is 0 Å². The Morgan fingerprint density at radius 1 is 0.421 bits per heavy atom. The first-order valence-corrected chi connectivity index (χ1v) is 13.1. The van der Waals surface area contributed by atoms with Crippen LogP contribution in [-0.4, -0.2) is 0 Å². The Morgan fingerprint density at radius 3 is 1.79 bits per heavy atom. The molecule has 0 amide bonds. The molecule has 0 N–H and O–H groups in total. The van der Waals surface area contributed by atoms with Crippen molar-refractivity contribution in [2.24, 2.45) is 0 Å². The van der Waals surface area contributed by atoms with Crippen molar-refractivity contribution in [1.29, 1.82) is 0 Å². The Balaban J connectivity index is 1.44. The predicted molar refractivity (Wildman–Crippen MR) is 156 cm³/mol. The highest BCUT2D eigenvalue weighted by atomic mass is 16.3. The molecule has 1 heteroatoms. The molecule has 7 aromatic rings. The minimum atomic E-state index is -0.410. The molecule has 0 saturated heterocycles. The predicted octanol–water partition coefficient (Wildman–Crippen LogP) is 9.62. The molecule has 1 aromatic heterocycles. The Kier molecular flexibility index (Phi) is 4.50. The van der Waals surface area contributed by atoms with Crippen LogP contribution in [0.5, 0.6) is 0 Å². The number of para-hydroxylation sites is 2. The Morgan fingerprint density at radius 2 is 1.00 bits per heavy atom. The number of hydrogen-bond donors (Lipinski definition) is 0. The van der Waals surface area contributed by atoms with Crippen molar-refractivity contribution in [3.05, 3.63) is 168 Å². The molecule has 8 rings (SSSR count). The van der Waals surface area contributed by atoms with Crippen LogP contribution in [0, 0.1) is 0 Å². The van der Waals surface area contributed by atoms with E-state index in [-0.39, 0.29) is 0 Å². The van der Waals surface area contributed by atoms with Crippen molar-refractivity contribution in [3.63, 3.8) is 0 Å². The van der Waals surface area contributed by atoms with Gasteiger partial charge in [0.1, 0.15) is 11.2 Å². The van der Waals surface area contributed by atoms with Crippen LogP contribution < -0.4 is 0 Å². The van der Waals surface area contributed by atoms with Crippen LogP contribution in [0.15, 0.2) is 150 Å². The van der Waals surface area contributed by atoms with Crippen LogP contribution in [0.25, 0.3) is 44.2 Å². The van der Waals surface area contributed by atoms with E-state index in [1.165, 1.54) is 33.4 Å². The lowest BCUT2D eigenvalue weighted by atomic mass is 9.67. The summed E-state index contributed by atoms with van der Waals surface area (Å²) < 4.78 is 6.43. The zero-order chi connectivity index (χ0) is 25.1. The molecule has 1 heterocycles. The third-order valence-corrected chi connectivity index (χ3v) is 8.17. The second kappa shape index (κ2) is 8.06. The summed E-state index contributed by atoms with van der Waals surface area (Å²) in [6.45, 7) is 0. The van der Waals surface area contributed by atoms with Gasteiger partial charge in [-0.25, -0.2) is 0 Å². The maximum atomic E-state index is 6.43. The smallest absolute Gasteiger partial charge is 0.143 e. The van der Waals surface area contributed by atoms with Gasteiger partial charge < -0.3 is 4.42 Å².